The predicted molar refractivity (Wildman–Crippen MR) is 68.1 cm³/mol. The molecule has 1 fully saturated rings. The monoisotopic (exact) mass is 286 g/mol. The minimum Gasteiger partial charge on any atom is -0.481 e. The van der Waals surface area contributed by atoms with Gasteiger partial charge in [-0.3, -0.25) is 4.79 Å². The summed E-state index contributed by atoms with van der Waals surface area (Å²) in [5.74, 6) is -4.74. The van der Waals surface area contributed by atoms with Crippen LogP contribution in [0, 0.1) is 11.2 Å². The van der Waals surface area contributed by atoms with Crippen LogP contribution in [0.2, 0.25) is 0 Å². The average molecular weight is 286 g/mol. The molecule has 1 aromatic carbocycles. The first kappa shape index (κ1) is 14.9. The van der Waals surface area contributed by atoms with Crippen molar-refractivity contribution in [2.24, 2.45) is 5.41 Å². The topological polar surface area (TPSA) is 37.3 Å². The van der Waals surface area contributed by atoms with Crippen LogP contribution in [-0.4, -0.2) is 11.1 Å². The fourth-order valence-electron chi connectivity index (χ4n) is 3.13. The van der Waals surface area contributed by atoms with E-state index in [-0.39, 0.29) is 12.0 Å². The van der Waals surface area contributed by atoms with Gasteiger partial charge in [-0.15, -0.1) is 0 Å². The van der Waals surface area contributed by atoms with Crippen molar-refractivity contribution in [1.29, 1.82) is 0 Å². The van der Waals surface area contributed by atoms with Crippen LogP contribution in [-0.2, 0) is 10.7 Å². The lowest BCUT2D eigenvalue weighted by atomic mass is 9.76. The second-order valence-corrected chi connectivity index (χ2v) is 5.67. The molecule has 1 aromatic rings. The Morgan fingerprint density at radius 2 is 1.75 bits per heavy atom. The number of carbonyl (C=O) groups is 1. The molecule has 0 aromatic heterocycles. The number of benzene rings is 1. The van der Waals surface area contributed by atoms with Crippen LogP contribution in [0.1, 0.15) is 44.1 Å². The maximum atomic E-state index is 14.3. The number of aliphatic carboxylic acids is 1. The first-order valence-electron chi connectivity index (χ1n) is 6.69. The molecule has 0 radical (unpaired) electrons. The summed E-state index contributed by atoms with van der Waals surface area (Å²) in [5, 5.41) is 8.95. The number of carboxylic acid groups (broad SMARTS) is 1. The molecule has 0 aliphatic heterocycles. The lowest BCUT2D eigenvalue weighted by molar-refractivity contribution is -0.141. The molecule has 2 nitrogen and oxygen atoms in total. The lowest BCUT2D eigenvalue weighted by Crippen LogP contribution is -2.29. The van der Waals surface area contributed by atoms with Crippen LogP contribution in [0.5, 0.6) is 0 Å². The summed E-state index contributed by atoms with van der Waals surface area (Å²) >= 11 is 0. The van der Waals surface area contributed by atoms with Crippen molar-refractivity contribution in [3.05, 3.63) is 35.6 Å². The number of carboxylic acids is 1. The summed E-state index contributed by atoms with van der Waals surface area (Å²) in [6.07, 6.45) is 1.87. The minimum absolute atomic E-state index is 0.232. The Morgan fingerprint density at radius 1 is 1.20 bits per heavy atom. The summed E-state index contributed by atoms with van der Waals surface area (Å²) in [5.41, 5.74) is -1.10. The van der Waals surface area contributed by atoms with Gasteiger partial charge in [-0.1, -0.05) is 25.0 Å². The van der Waals surface area contributed by atoms with E-state index in [1.165, 1.54) is 0 Å². The van der Waals surface area contributed by atoms with E-state index in [0.29, 0.717) is 12.8 Å². The number of rotatable bonds is 5. The summed E-state index contributed by atoms with van der Waals surface area (Å²) in [6.45, 7) is 0. The van der Waals surface area contributed by atoms with Gasteiger partial charge in [-0.25, -0.2) is 13.2 Å². The molecule has 0 bridgehead atoms. The van der Waals surface area contributed by atoms with E-state index in [2.05, 4.69) is 0 Å². The van der Waals surface area contributed by atoms with Gasteiger partial charge in [-0.05, 0) is 30.4 Å². The third kappa shape index (κ3) is 3.32. The largest absolute Gasteiger partial charge is 0.481 e. The molecular formula is C15H17F3O2. The molecule has 1 aliphatic rings. The molecule has 1 saturated carbocycles. The number of hydrogen-bond acceptors (Lipinski definition) is 1. The highest BCUT2D eigenvalue weighted by molar-refractivity contribution is 5.67. The number of hydrogen-bond donors (Lipinski definition) is 1. The van der Waals surface area contributed by atoms with Gasteiger partial charge < -0.3 is 5.11 Å². The fraction of sp³-hybridized carbons (Fsp3) is 0.533. The Hall–Kier alpha value is -1.52. The van der Waals surface area contributed by atoms with Crippen molar-refractivity contribution in [2.45, 2.75) is 44.4 Å². The van der Waals surface area contributed by atoms with Gasteiger partial charge >= 0.3 is 5.97 Å². The normalized spacial score (nSPS) is 18.1. The molecule has 0 saturated heterocycles. The molecule has 1 aliphatic carbocycles. The summed E-state index contributed by atoms with van der Waals surface area (Å²) < 4.78 is 41.4. The van der Waals surface area contributed by atoms with Crippen LogP contribution >= 0.6 is 0 Å². The quantitative estimate of drug-likeness (QED) is 0.874. The zero-order valence-corrected chi connectivity index (χ0v) is 11.0. The van der Waals surface area contributed by atoms with Gasteiger partial charge in [0.05, 0.1) is 6.42 Å². The Kier molecular flexibility index (Phi) is 4.06. The molecule has 0 amide bonds. The van der Waals surface area contributed by atoms with E-state index < -0.39 is 29.5 Å². The van der Waals surface area contributed by atoms with Gasteiger partial charge in [0.15, 0.2) is 0 Å². The Morgan fingerprint density at radius 3 is 2.25 bits per heavy atom. The standard InChI is InChI=1S/C15H17F3O2/c16-12-5-3-11(4-6-12)15(17,18)10-14(9-13(19)20)7-1-2-8-14/h3-6H,1-2,7-10H2,(H,19,20). The van der Waals surface area contributed by atoms with Gasteiger partial charge in [0.1, 0.15) is 5.82 Å². The van der Waals surface area contributed by atoms with E-state index in [9.17, 15) is 18.0 Å². The maximum absolute atomic E-state index is 14.3. The number of halogens is 3. The number of alkyl halides is 2. The van der Waals surface area contributed by atoms with Gasteiger partial charge in [-0.2, -0.15) is 0 Å². The van der Waals surface area contributed by atoms with Crippen LogP contribution in [0.4, 0.5) is 13.2 Å². The molecule has 0 heterocycles. The summed E-state index contributed by atoms with van der Waals surface area (Å²) in [4.78, 5) is 10.9. The predicted octanol–water partition coefficient (Wildman–Crippen LogP) is 4.34. The second-order valence-electron chi connectivity index (χ2n) is 5.67. The molecule has 0 unspecified atom stereocenters. The summed E-state index contributed by atoms with van der Waals surface area (Å²) in [7, 11) is 0. The van der Waals surface area contributed by atoms with Crippen LogP contribution in [0.25, 0.3) is 0 Å². The highest BCUT2D eigenvalue weighted by atomic mass is 19.3. The SMILES string of the molecule is O=C(O)CC1(CC(F)(F)c2ccc(F)cc2)CCCC1. The van der Waals surface area contributed by atoms with E-state index in [1.54, 1.807) is 0 Å². The second kappa shape index (κ2) is 5.46. The van der Waals surface area contributed by atoms with Gasteiger partial charge in [0, 0.05) is 12.0 Å². The van der Waals surface area contributed by atoms with Crippen molar-refractivity contribution in [3.63, 3.8) is 0 Å². The lowest BCUT2D eigenvalue weighted by Gasteiger charge is -2.31. The Labute approximate surface area is 115 Å². The van der Waals surface area contributed by atoms with Crippen molar-refractivity contribution in [2.75, 3.05) is 0 Å². The van der Waals surface area contributed by atoms with Gasteiger partial charge in [0.25, 0.3) is 5.92 Å². The molecule has 20 heavy (non-hydrogen) atoms. The van der Waals surface area contributed by atoms with E-state index in [0.717, 1.165) is 37.1 Å². The van der Waals surface area contributed by atoms with Crippen molar-refractivity contribution in [3.8, 4) is 0 Å². The first-order valence-corrected chi connectivity index (χ1v) is 6.69. The van der Waals surface area contributed by atoms with Gasteiger partial charge in [0.2, 0.25) is 0 Å². The van der Waals surface area contributed by atoms with Crippen LogP contribution in [0.15, 0.2) is 24.3 Å². The molecule has 1 N–H and O–H groups in total. The summed E-state index contributed by atoms with van der Waals surface area (Å²) in [6, 6.07) is 4.14. The smallest absolute Gasteiger partial charge is 0.303 e. The van der Waals surface area contributed by atoms with Crippen molar-refractivity contribution >= 4 is 5.97 Å². The van der Waals surface area contributed by atoms with Crippen LogP contribution in [0.3, 0.4) is 0 Å². The van der Waals surface area contributed by atoms with Crippen LogP contribution < -0.4 is 0 Å². The third-order valence-corrected chi connectivity index (χ3v) is 4.05. The van der Waals surface area contributed by atoms with E-state index in [1.807, 2.05) is 0 Å². The molecule has 0 atom stereocenters. The zero-order chi connectivity index (χ0) is 14.8. The van der Waals surface area contributed by atoms with E-state index >= 15 is 0 Å². The molecule has 2 rings (SSSR count). The molecule has 110 valence electrons. The first-order chi connectivity index (χ1) is 9.33. The highest BCUT2D eigenvalue weighted by Crippen LogP contribution is 2.50. The minimum atomic E-state index is -3.13. The maximum Gasteiger partial charge on any atom is 0.303 e. The molecule has 0 spiro atoms. The molecular weight excluding hydrogens is 269 g/mol. The fourth-order valence-corrected chi connectivity index (χ4v) is 3.13. The Bertz CT molecular complexity index is 476. The third-order valence-electron chi connectivity index (χ3n) is 4.05. The van der Waals surface area contributed by atoms with Crippen molar-refractivity contribution in [1.82, 2.24) is 0 Å². The molecule has 5 heteroatoms. The van der Waals surface area contributed by atoms with E-state index in [4.69, 9.17) is 5.11 Å². The zero-order valence-electron chi connectivity index (χ0n) is 11.0. The van der Waals surface area contributed by atoms with Crippen molar-refractivity contribution < 1.29 is 23.1 Å². The Balaban J connectivity index is 2.20. The average Bonchev–Trinajstić information content (AvgIpc) is 2.75. The highest BCUT2D eigenvalue weighted by Gasteiger charge is 2.45.